The van der Waals surface area contributed by atoms with Crippen molar-refractivity contribution in [2.45, 2.75) is 6.92 Å². The van der Waals surface area contributed by atoms with Crippen LogP contribution in [0.1, 0.15) is 5.56 Å². The standard InChI is InChI=1S/C16H12FN/c1-11-3-2-4-12(9-11)15-7-5-13-10-14(17)6-8-16(13)18-15/h2-10H,1H3. The molecule has 0 radical (unpaired) electrons. The maximum absolute atomic E-state index is 13.1. The summed E-state index contributed by atoms with van der Waals surface area (Å²) in [7, 11) is 0. The molecular weight excluding hydrogens is 225 g/mol. The molecule has 2 heteroatoms. The van der Waals surface area contributed by atoms with Crippen molar-refractivity contribution >= 4 is 10.9 Å². The molecule has 3 aromatic rings. The summed E-state index contributed by atoms with van der Waals surface area (Å²) in [6.45, 7) is 2.06. The van der Waals surface area contributed by atoms with Crippen LogP contribution in [0.5, 0.6) is 0 Å². The van der Waals surface area contributed by atoms with Gasteiger partial charge in [0.1, 0.15) is 5.82 Å². The number of aromatic nitrogens is 1. The number of halogens is 1. The number of hydrogen-bond donors (Lipinski definition) is 0. The Labute approximate surface area is 105 Å². The van der Waals surface area contributed by atoms with Gasteiger partial charge in [0.05, 0.1) is 11.2 Å². The summed E-state index contributed by atoms with van der Waals surface area (Å²) in [4.78, 5) is 4.56. The van der Waals surface area contributed by atoms with E-state index >= 15 is 0 Å². The van der Waals surface area contributed by atoms with Gasteiger partial charge in [-0.3, -0.25) is 0 Å². The SMILES string of the molecule is Cc1cccc(-c2ccc3cc(F)ccc3n2)c1. The summed E-state index contributed by atoms with van der Waals surface area (Å²) in [6.07, 6.45) is 0. The first-order valence-corrected chi connectivity index (χ1v) is 5.86. The zero-order chi connectivity index (χ0) is 12.5. The Bertz CT molecular complexity index is 719. The average molecular weight is 237 g/mol. The summed E-state index contributed by atoms with van der Waals surface area (Å²) in [6, 6.07) is 16.7. The molecule has 1 aromatic heterocycles. The number of hydrogen-bond acceptors (Lipinski definition) is 1. The van der Waals surface area contributed by atoms with E-state index in [-0.39, 0.29) is 5.82 Å². The molecule has 0 saturated carbocycles. The zero-order valence-corrected chi connectivity index (χ0v) is 10.0. The zero-order valence-electron chi connectivity index (χ0n) is 10.0. The second-order valence-corrected chi connectivity index (χ2v) is 4.40. The van der Waals surface area contributed by atoms with Crippen molar-refractivity contribution in [1.82, 2.24) is 4.98 Å². The monoisotopic (exact) mass is 237 g/mol. The maximum Gasteiger partial charge on any atom is 0.123 e. The molecule has 0 atom stereocenters. The van der Waals surface area contributed by atoms with Gasteiger partial charge in [0.2, 0.25) is 0 Å². The molecule has 3 rings (SSSR count). The summed E-state index contributed by atoms with van der Waals surface area (Å²) >= 11 is 0. The second-order valence-electron chi connectivity index (χ2n) is 4.40. The van der Waals surface area contributed by atoms with E-state index in [1.165, 1.54) is 17.7 Å². The molecule has 0 N–H and O–H groups in total. The number of fused-ring (bicyclic) bond motifs is 1. The summed E-state index contributed by atoms with van der Waals surface area (Å²) in [5.41, 5.74) is 4.02. The molecule has 88 valence electrons. The predicted molar refractivity (Wildman–Crippen MR) is 71.9 cm³/mol. The van der Waals surface area contributed by atoms with Gasteiger partial charge >= 0.3 is 0 Å². The van der Waals surface area contributed by atoms with E-state index in [9.17, 15) is 4.39 Å². The lowest BCUT2D eigenvalue weighted by Gasteiger charge is -2.04. The molecule has 2 aromatic carbocycles. The Morgan fingerprint density at radius 1 is 0.944 bits per heavy atom. The molecule has 0 aliphatic rings. The van der Waals surface area contributed by atoms with Crippen LogP contribution in [0.3, 0.4) is 0 Å². The third-order valence-electron chi connectivity index (χ3n) is 2.97. The normalized spacial score (nSPS) is 10.8. The van der Waals surface area contributed by atoms with Crippen LogP contribution in [0.25, 0.3) is 22.2 Å². The first-order valence-electron chi connectivity index (χ1n) is 5.86. The first kappa shape index (κ1) is 10.9. The number of aryl methyl sites for hydroxylation is 1. The molecule has 0 aliphatic heterocycles. The number of rotatable bonds is 1. The Balaban J connectivity index is 2.16. The van der Waals surface area contributed by atoms with Crippen molar-refractivity contribution < 1.29 is 4.39 Å². The quantitative estimate of drug-likeness (QED) is 0.613. The van der Waals surface area contributed by atoms with E-state index in [1.54, 1.807) is 6.07 Å². The Morgan fingerprint density at radius 2 is 1.83 bits per heavy atom. The highest BCUT2D eigenvalue weighted by molar-refractivity contribution is 5.81. The van der Waals surface area contributed by atoms with Crippen molar-refractivity contribution in [2.75, 3.05) is 0 Å². The van der Waals surface area contributed by atoms with Crippen molar-refractivity contribution in [3.05, 3.63) is 66.0 Å². The highest BCUT2D eigenvalue weighted by Crippen LogP contribution is 2.22. The predicted octanol–water partition coefficient (Wildman–Crippen LogP) is 4.35. The van der Waals surface area contributed by atoms with Gasteiger partial charge in [0.25, 0.3) is 0 Å². The second kappa shape index (κ2) is 4.22. The van der Waals surface area contributed by atoms with Crippen molar-refractivity contribution in [3.63, 3.8) is 0 Å². The van der Waals surface area contributed by atoms with Crippen molar-refractivity contribution in [1.29, 1.82) is 0 Å². The lowest BCUT2D eigenvalue weighted by molar-refractivity contribution is 0.629. The van der Waals surface area contributed by atoms with Crippen LogP contribution < -0.4 is 0 Å². The van der Waals surface area contributed by atoms with Crippen LogP contribution >= 0.6 is 0 Å². The maximum atomic E-state index is 13.1. The summed E-state index contributed by atoms with van der Waals surface area (Å²) in [5.74, 6) is -0.229. The average Bonchev–Trinajstić information content (AvgIpc) is 2.38. The summed E-state index contributed by atoms with van der Waals surface area (Å²) in [5, 5.41) is 0.825. The van der Waals surface area contributed by atoms with Crippen LogP contribution in [0.4, 0.5) is 4.39 Å². The molecule has 0 saturated heterocycles. The van der Waals surface area contributed by atoms with Crippen molar-refractivity contribution in [3.8, 4) is 11.3 Å². The van der Waals surface area contributed by atoms with Crippen LogP contribution in [-0.2, 0) is 0 Å². The van der Waals surface area contributed by atoms with Gasteiger partial charge in [-0.2, -0.15) is 0 Å². The number of nitrogens with zero attached hydrogens (tertiary/aromatic N) is 1. The van der Waals surface area contributed by atoms with E-state index < -0.39 is 0 Å². The van der Waals surface area contributed by atoms with Crippen LogP contribution in [-0.4, -0.2) is 4.98 Å². The first-order chi connectivity index (χ1) is 8.72. The molecule has 0 spiro atoms. The van der Waals surface area contributed by atoms with E-state index in [1.807, 2.05) is 24.3 Å². The molecule has 0 bridgehead atoms. The van der Waals surface area contributed by atoms with E-state index in [4.69, 9.17) is 0 Å². The molecule has 1 nitrogen and oxygen atoms in total. The van der Waals surface area contributed by atoms with Gasteiger partial charge < -0.3 is 0 Å². The van der Waals surface area contributed by atoms with E-state index in [0.717, 1.165) is 22.2 Å². The minimum Gasteiger partial charge on any atom is -0.248 e. The molecule has 0 aliphatic carbocycles. The van der Waals surface area contributed by atoms with E-state index in [0.29, 0.717) is 0 Å². The molecule has 0 unspecified atom stereocenters. The lowest BCUT2D eigenvalue weighted by Crippen LogP contribution is -1.86. The Morgan fingerprint density at radius 3 is 2.67 bits per heavy atom. The van der Waals surface area contributed by atoms with Gasteiger partial charge in [-0.05, 0) is 37.3 Å². The molecule has 18 heavy (non-hydrogen) atoms. The van der Waals surface area contributed by atoms with Crippen LogP contribution in [0.15, 0.2) is 54.6 Å². The van der Waals surface area contributed by atoms with Crippen LogP contribution in [0, 0.1) is 12.7 Å². The molecular formula is C16H12FN. The topological polar surface area (TPSA) is 12.9 Å². The third kappa shape index (κ3) is 1.97. The highest BCUT2D eigenvalue weighted by Gasteiger charge is 2.02. The highest BCUT2D eigenvalue weighted by atomic mass is 19.1. The van der Waals surface area contributed by atoms with Gasteiger partial charge in [0.15, 0.2) is 0 Å². The molecule has 1 heterocycles. The van der Waals surface area contributed by atoms with Gasteiger partial charge in [-0.15, -0.1) is 0 Å². The smallest absolute Gasteiger partial charge is 0.123 e. The Hall–Kier alpha value is -2.22. The fourth-order valence-corrected chi connectivity index (χ4v) is 2.06. The van der Waals surface area contributed by atoms with E-state index in [2.05, 4.69) is 24.0 Å². The largest absolute Gasteiger partial charge is 0.248 e. The molecule has 0 fully saturated rings. The molecule has 0 amide bonds. The van der Waals surface area contributed by atoms with Crippen LogP contribution in [0.2, 0.25) is 0 Å². The van der Waals surface area contributed by atoms with Gasteiger partial charge in [-0.1, -0.05) is 29.8 Å². The summed E-state index contributed by atoms with van der Waals surface area (Å²) < 4.78 is 13.1. The minimum absolute atomic E-state index is 0.229. The van der Waals surface area contributed by atoms with Crippen molar-refractivity contribution in [2.24, 2.45) is 0 Å². The Kier molecular flexibility index (Phi) is 2.56. The van der Waals surface area contributed by atoms with Gasteiger partial charge in [-0.25, -0.2) is 9.37 Å². The fraction of sp³-hybridized carbons (Fsp3) is 0.0625. The minimum atomic E-state index is -0.229. The third-order valence-corrected chi connectivity index (χ3v) is 2.97. The fourth-order valence-electron chi connectivity index (χ4n) is 2.06. The lowest BCUT2D eigenvalue weighted by atomic mass is 10.1. The van der Waals surface area contributed by atoms with Gasteiger partial charge in [0, 0.05) is 10.9 Å². The number of pyridine rings is 1. The number of benzene rings is 2.